The fourth-order valence-corrected chi connectivity index (χ4v) is 4.38. The maximum atomic E-state index is 12.6. The normalized spacial score (nSPS) is 18.9. The van der Waals surface area contributed by atoms with Crippen molar-refractivity contribution < 1.29 is 4.79 Å². The van der Waals surface area contributed by atoms with Gasteiger partial charge in [0.25, 0.3) is 0 Å². The summed E-state index contributed by atoms with van der Waals surface area (Å²) in [6.45, 7) is 5.07. The van der Waals surface area contributed by atoms with Crippen molar-refractivity contribution in [2.75, 3.05) is 36.4 Å². The van der Waals surface area contributed by atoms with Gasteiger partial charge in [-0.2, -0.15) is 5.26 Å². The molecule has 5 nitrogen and oxygen atoms in total. The topological polar surface area (TPSA) is 59.4 Å². The van der Waals surface area contributed by atoms with Crippen LogP contribution in [0, 0.1) is 16.7 Å². The second kappa shape index (κ2) is 8.67. The second-order valence-electron chi connectivity index (χ2n) is 8.15. The SMILES string of the molecule is N#CC1(C(=O)Nc2ccc(N3CCN(Cc4ccccc4)CC3)cc2)CCCC1. The number of piperazine rings is 1. The number of nitrogens with one attached hydrogen (secondary N) is 1. The number of carbonyl (C=O) groups excluding carboxylic acids is 1. The van der Waals surface area contributed by atoms with Crippen LogP contribution in [0.15, 0.2) is 54.6 Å². The van der Waals surface area contributed by atoms with E-state index in [0.29, 0.717) is 12.8 Å². The lowest BCUT2D eigenvalue weighted by Gasteiger charge is -2.36. The highest BCUT2D eigenvalue weighted by molar-refractivity contribution is 5.97. The molecule has 1 aliphatic carbocycles. The fraction of sp³-hybridized carbons (Fsp3) is 0.417. The number of nitrogens with zero attached hydrogens (tertiary/aromatic N) is 3. The third kappa shape index (κ3) is 4.44. The van der Waals surface area contributed by atoms with Gasteiger partial charge in [0.2, 0.25) is 5.91 Å². The van der Waals surface area contributed by atoms with E-state index in [4.69, 9.17) is 0 Å². The molecule has 0 unspecified atom stereocenters. The van der Waals surface area contributed by atoms with Crippen molar-refractivity contribution in [3.63, 3.8) is 0 Å². The van der Waals surface area contributed by atoms with E-state index in [1.54, 1.807) is 0 Å². The highest BCUT2D eigenvalue weighted by Crippen LogP contribution is 2.38. The molecule has 0 bridgehead atoms. The van der Waals surface area contributed by atoms with E-state index >= 15 is 0 Å². The lowest BCUT2D eigenvalue weighted by Crippen LogP contribution is -2.45. The van der Waals surface area contributed by atoms with Crippen LogP contribution in [0.4, 0.5) is 11.4 Å². The summed E-state index contributed by atoms with van der Waals surface area (Å²) in [5, 5.41) is 12.4. The number of benzene rings is 2. The summed E-state index contributed by atoms with van der Waals surface area (Å²) in [7, 11) is 0. The van der Waals surface area contributed by atoms with Gasteiger partial charge in [0.05, 0.1) is 6.07 Å². The van der Waals surface area contributed by atoms with Crippen LogP contribution in [-0.2, 0) is 11.3 Å². The molecule has 2 aromatic carbocycles. The van der Waals surface area contributed by atoms with Crippen molar-refractivity contribution in [3.05, 3.63) is 60.2 Å². The summed E-state index contributed by atoms with van der Waals surface area (Å²) in [4.78, 5) is 17.5. The number of carbonyl (C=O) groups is 1. The molecule has 29 heavy (non-hydrogen) atoms. The van der Waals surface area contributed by atoms with Crippen molar-refractivity contribution in [2.24, 2.45) is 5.41 Å². The Morgan fingerprint density at radius 3 is 2.24 bits per heavy atom. The maximum absolute atomic E-state index is 12.6. The molecular weight excluding hydrogens is 360 g/mol. The van der Waals surface area contributed by atoms with E-state index in [9.17, 15) is 10.1 Å². The van der Waals surface area contributed by atoms with Gasteiger partial charge in [-0.3, -0.25) is 9.69 Å². The summed E-state index contributed by atoms with van der Waals surface area (Å²) >= 11 is 0. The van der Waals surface area contributed by atoms with Crippen LogP contribution in [0.25, 0.3) is 0 Å². The summed E-state index contributed by atoms with van der Waals surface area (Å²) in [6.07, 6.45) is 3.24. The molecule has 0 atom stereocenters. The standard InChI is InChI=1S/C24H28N4O/c25-19-24(12-4-5-13-24)23(29)26-21-8-10-22(11-9-21)28-16-14-27(15-17-28)18-20-6-2-1-3-7-20/h1-3,6-11H,4-5,12-18H2,(H,26,29). The van der Waals surface area contributed by atoms with Crippen molar-refractivity contribution in [3.8, 4) is 6.07 Å². The van der Waals surface area contributed by atoms with Crippen molar-refractivity contribution in [1.29, 1.82) is 5.26 Å². The summed E-state index contributed by atoms with van der Waals surface area (Å²) in [6, 6.07) is 20.9. The highest BCUT2D eigenvalue weighted by atomic mass is 16.2. The number of rotatable bonds is 5. The fourth-order valence-electron chi connectivity index (χ4n) is 4.38. The second-order valence-corrected chi connectivity index (χ2v) is 8.15. The Kier molecular flexibility index (Phi) is 5.82. The van der Waals surface area contributed by atoms with E-state index in [1.165, 1.54) is 11.3 Å². The lowest BCUT2D eigenvalue weighted by molar-refractivity contribution is -0.122. The van der Waals surface area contributed by atoms with Gasteiger partial charge in [-0.1, -0.05) is 43.2 Å². The molecular formula is C24H28N4O. The third-order valence-electron chi connectivity index (χ3n) is 6.22. The molecule has 150 valence electrons. The molecule has 1 amide bonds. The van der Waals surface area contributed by atoms with E-state index in [1.807, 2.05) is 12.1 Å². The number of nitriles is 1. The first-order chi connectivity index (χ1) is 14.2. The van der Waals surface area contributed by atoms with E-state index < -0.39 is 5.41 Å². The first kappa shape index (κ1) is 19.5. The molecule has 2 fully saturated rings. The molecule has 0 spiro atoms. The quantitative estimate of drug-likeness (QED) is 0.840. The molecule has 0 aromatic heterocycles. The predicted octanol–water partition coefficient (Wildman–Crippen LogP) is 4.03. The zero-order chi connectivity index (χ0) is 20.1. The van der Waals surface area contributed by atoms with Crippen LogP contribution in [0.2, 0.25) is 0 Å². The molecule has 1 heterocycles. The van der Waals surface area contributed by atoms with Crippen molar-refractivity contribution in [2.45, 2.75) is 32.2 Å². The first-order valence-electron chi connectivity index (χ1n) is 10.5. The van der Waals surface area contributed by atoms with Gasteiger partial charge < -0.3 is 10.2 Å². The van der Waals surface area contributed by atoms with Crippen LogP contribution in [-0.4, -0.2) is 37.0 Å². The molecule has 2 aliphatic rings. The average Bonchev–Trinajstić information content (AvgIpc) is 3.26. The molecule has 0 radical (unpaired) electrons. The molecule has 1 saturated heterocycles. The Morgan fingerprint density at radius 2 is 1.62 bits per heavy atom. The minimum Gasteiger partial charge on any atom is -0.369 e. The zero-order valence-corrected chi connectivity index (χ0v) is 16.8. The van der Waals surface area contributed by atoms with Gasteiger partial charge in [-0.05, 0) is 42.7 Å². The Morgan fingerprint density at radius 1 is 0.966 bits per heavy atom. The van der Waals surface area contributed by atoms with E-state index in [-0.39, 0.29) is 5.91 Å². The van der Waals surface area contributed by atoms with E-state index in [2.05, 4.69) is 63.7 Å². The molecule has 1 saturated carbocycles. The smallest absolute Gasteiger partial charge is 0.244 e. The molecule has 4 rings (SSSR count). The monoisotopic (exact) mass is 388 g/mol. The summed E-state index contributed by atoms with van der Waals surface area (Å²) in [5.41, 5.74) is 2.47. The van der Waals surface area contributed by atoms with E-state index in [0.717, 1.165) is 51.3 Å². The van der Waals surface area contributed by atoms with Gasteiger partial charge in [-0.25, -0.2) is 0 Å². The number of anilines is 2. The zero-order valence-electron chi connectivity index (χ0n) is 16.8. The van der Waals surface area contributed by atoms with Crippen molar-refractivity contribution >= 4 is 17.3 Å². The molecule has 1 N–H and O–H groups in total. The van der Waals surface area contributed by atoms with Crippen LogP contribution in [0.1, 0.15) is 31.2 Å². The van der Waals surface area contributed by atoms with Gasteiger partial charge >= 0.3 is 0 Å². The van der Waals surface area contributed by atoms with Gasteiger partial charge in [-0.15, -0.1) is 0 Å². The van der Waals surface area contributed by atoms with Crippen LogP contribution in [0.5, 0.6) is 0 Å². The largest absolute Gasteiger partial charge is 0.369 e. The molecule has 1 aliphatic heterocycles. The highest BCUT2D eigenvalue weighted by Gasteiger charge is 2.41. The number of hydrogen-bond acceptors (Lipinski definition) is 4. The first-order valence-corrected chi connectivity index (χ1v) is 10.5. The minimum atomic E-state index is -0.840. The Labute approximate surface area is 172 Å². The molecule has 5 heteroatoms. The summed E-state index contributed by atoms with van der Waals surface area (Å²) < 4.78 is 0. The molecule has 2 aromatic rings. The Bertz CT molecular complexity index is 858. The predicted molar refractivity (Wildman–Crippen MR) is 116 cm³/mol. The Balaban J connectivity index is 1.31. The number of amides is 1. The van der Waals surface area contributed by atoms with Gasteiger partial charge in [0.1, 0.15) is 5.41 Å². The van der Waals surface area contributed by atoms with Crippen LogP contribution >= 0.6 is 0 Å². The number of hydrogen-bond donors (Lipinski definition) is 1. The third-order valence-corrected chi connectivity index (χ3v) is 6.22. The average molecular weight is 389 g/mol. The lowest BCUT2D eigenvalue weighted by atomic mass is 9.87. The van der Waals surface area contributed by atoms with Crippen LogP contribution in [0.3, 0.4) is 0 Å². The summed E-state index contributed by atoms with van der Waals surface area (Å²) in [5.74, 6) is -0.153. The van der Waals surface area contributed by atoms with Crippen LogP contribution < -0.4 is 10.2 Å². The van der Waals surface area contributed by atoms with Crippen molar-refractivity contribution in [1.82, 2.24) is 4.90 Å². The Hall–Kier alpha value is -2.84. The minimum absolute atomic E-state index is 0.153. The van der Waals surface area contributed by atoms with Gasteiger partial charge in [0, 0.05) is 44.1 Å². The maximum Gasteiger partial charge on any atom is 0.244 e. The van der Waals surface area contributed by atoms with Gasteiger partial charge in [0.15, 0.2) is 0 Å².